The topological polar surface area (TPSA) is 74.2 Å². The summed E-state index contributed by atoms with van der Waals surface area (Å²) >= 11 is 0. The van der Waals surface area contributed by atoms with Gasteiger partial charge in [0.25, 0.3) is 5.91 Å². The SMILES string of the molecule is COCCN(CC(=O)N1N=C(c2ccc(F)cc2)CC1c1ccccc1F)C(=O)NC(C)C. The number of nitrogens with one attached hydrogen (secondary N) is 1. The minimum atomic E-state index is -0.684. The van der Waals surface area contributed by atoms with Gasteiger partial charge in [-0.15, -0.1) is 0 Å². The van der Waals surface area contributed by atoms with Crippen molar-refractivity contribution in [3.05, 3.63) is 71.3 Å². The lowest BCUT2D eigenvalue weighted by Crippen LogP contribution is -2.48. The van der Waals surface area contributed by atoms with Gasteiger partial charge in [-0.05, 0) is 37.6 Å². The van der Waals surface area contributed by atoms with Crippen molar-refractivity contribution in [1.82, 2.24) is 15.2 Å². The molecular formula is C24H28F2N4O3. The quantitative estimate of drug-likeness (QED) is 0.656. The monoisotopic (exact) mass is 458 g/mol. The third-order valence-electron chi connectivity index (χ3n) is 5.20. The molecule has 0 saturated heterocycles. The Morgan fingerprint density at radius 2 is 1.88 bits per heavy atom. The van der Waals surface area contributed by atoms with Gasteiger partial charge in [0, 0.05) is 31.7 Å². The largest absolute Gasteiger partial charge is 0.383 e. The molecule has 0 radical (unpaired) electrons. The van der Waals surface area contributed by atoms with Gasteiger partial charge in [0.05, 0.1) is 18.4 Å². The van der Waals surface area contributed by atoms with Gasteiger partial charge < -0.3 is 15.0 Å². The molecule has 0 spiro atoms. The Morgan fingerprint density at radius 1 is 1.18 bits per heavy atom. The van der Waals surface area contributed by atoms with E-state index in [9.17, 15) is 18.4 Å². The number of carbonyl (C=O) groups excluding carboxylic acids is 2. The van der Waals surface area contributed by atoms with Crippen LogP contribution in [0.3, 0.4) is 0 Å². The molecule has 3 rings (SSSR count). The first kappa shape index (κ1) is 24.3. The molecule has 7 nitrogen and oxygen atoms in total. The number of rotatable bonds is 8. The first-order chi connectivity index (χ1) is 15.8. The zero-order valence-corrected chi connectivity index (χ0v) is 18.9. The molecule has 0 aliphatic carbocycles. The third-order valence-corrected chi connectivity index (χ3v) is 5.20. The van der Waals surface area contributed by atoms with Crippen molar-refractivity contribution in [2.75, 3.05) is 26.8 Å². The van der Waals surface area contributed by atoms with Gasteiger partial charge in [-0.25, -0.2) is 18.6 Å². The van der Waals surface area contributed by atoms with Crippen molar-refractivity contribution in [3.63, 3.8) is 0 Å². The molecule has 0 saturated carbocycles. The van der Waals surface area contributed by atoms with E-state index >= 15 is 0 Å². The van der Waals surface area contributed by atoms with Crippen molar-refractivity contribution in [2.24, 2.45) is 5.10 Å². The van der Waals surface area contributed by atoms with E-state index in [1.807, 2.05) is 13.8 Å². The highest BCUT2D eigenvalue weighted by Crippen LogP contribution is 2.34. The highest BCUT2D eigenvalue weighted by molar-refractivity contribution is 6.03. The molecule has 1 N–H and O–H groups in total. The van der Waals surface area contributed by atoms with Crippen molar-refractivity contribution in [1.29, 1.82) is 0 Å². The molecule has 0 bridgehead atoms. The Labute approximate surface area is 192 Å². The summed E-state index contributed by atoms with van der Waals surface area (Å²) in [6.07, 6.45) is 0.258. The number of halogens is 2. The van der Waals surface area contributed by atoms with Crippen molar-refractivity contribution in [3.8, 4) is 0 Å². The summed E-state index contributed by atoms with van der Waals surface area (Å²) in [6, 6.07) is 10.8. The summed E-state index contributed by atoms with van der Waals surface area (Å²) in [6.45, 7) is 3.84. The molecule has 1 unspecified atom stereocenters. The normalized spacial score (nSPS) is 15.5. The van der Waals surface area contributed by atoms with E-state index in [2.05, 4.69) is 10.4 Å². The second-order valence-corrected chi connectivity index (χ2v) is 8.05. The van der Waals surface area contributed by atoms with Crippen LogP contribution < -0.4 is 5.32 Å². The lowest BCUT2D eigenvalue weighted by atomic mass is 9.98. The molecule has 0 fully saturated rings. The number of hydrogen-bond donors (Lipinski definition) is 1. The molecule has 1 aliphatic rings. The summed E-state index contributed by atoms with van der Waals surface area (Å²) < 4.78 is 33.1. The molecule has 2 aromatic rings. The van der Waals surface area contributed by atoms with Crippen LogP contribution in [0.15, 0.2) is 53.6 Å². The number of benzene rings is 2. The predicted molar refractivity (Wildman–Crippen MR) is 121 cm³/mol. The van der Waals surface area contributed by atoms with Crippen LogP contribution in [0.4, 0.5) is 13.6 Å². The van der Waals surface area contributed by atoms with Crippen molar-refractivity contribution < 1.29 is 23.1 Å². The Hall–Kier alpha value is -3.33. The number of urea groups is 1. The molecule has 1 heterocycles. The fourth-order valence-electron chi connectivity index (χ4n) is 3.57. The minimum absolute atomic E-state index is 0.112. The molecule has 176 valence electrons. The lowest BCUT2D eigenvalue weighted by molar-refractivity contribution is -0.133. The third kappa shape index (κ3) is 6.13. The zero-order chi connectivity index (χ0) is 24.0. The van der Waals surface area contributed by atoms with Crippen LogP contribution in [0.5, 0.6) is 0 Å². The highest BCUT2D eigenvalue weighted by atomic mass is 19.1. The van der Waals surface area contributed by atoms with E-state index in [0.29, 0.717) is 16.8 Å². The van der Waals surface area contributed by atoms with Crippen LogP contribution in [0.25, 0.3) is 0 Å². The average Bonchev–Trinajstić information content (AvgIpc) is 3.22. The second kappa shape index (κ2) is 11.0. The van der Waals surface area contributed by atoms with Gasteiger partial charge in [-0.2, -0.15) is 5.10 Å². The van der Waals surface area contributed by atoms with E-state index in [-0.39, 0.29) is 38.0 Å². The summed E-state index contributed by atoms with van der Waals surface area (Å²) in [4.78, 5) is 27.2. The van der Waals surface area contributed by atoms with E-state index in [1.54, 1.807) is 30.3 Å². The van der Waals surface area contributed by atoms with Gasteiger partial charge >= 0.3 is 6.03 Å². The number of hydrogen-bond acceptors (Lipinski definition) is 4. The van der Waals surface area contributed by atoms with E-state index in [4.69, 9.17) is 4.74 Å². The first-order valence-electron chi connectivity index (χ1n) is 10.7. The average molecular weight is 459 g/mol. The Balaban J connectivity index is 1.89. The molecule has 1 aliphatic heterocycles. The number of nitrogens with zero attached hydrogens (tertiary/aromatic N) is 3. The van der Waals surface area contributed by atoms with Crippen LogP contribution in [-0.2, 0) is 9.53 Å². The van der Waals surface area contributed by atoms with Crippen molar-refractivity contribution >= 4 is 17.6 Å². The maximum Gasteiger partial charge on any atom is 0.318 e. The highest BCUT2D eigenvalue weighted by Gasteiger charge is 2.35. The van der Waals surface area contributed by atoms with Gasteiger partial charge in [-0.1, -0.05) is 30.3 Å². The molecule has 1 atom stereocenters. The summed E-state index contributed by atoms with van der Waals surface area (Å²) in [7, 11) is 1.51. The van der Waals surface area contributed by atoms with Gasteiger partial charge in [0.15, 0.2) is 0 Å². The van der Waals surface area contributed by atoms with Crippen LogP contribution in [0, 0.1) is 11.6 Å². The Kier molecular flexibility index (Phi) is 8.11. The van der Waals surface area contributed by atoms with Gasteiger partial charge in [-0.3, -0.25) is 4.79 Å². The first-order valence-corrected chi connectivity index (χ1v) is 10.7. The minimum Gasteiger partial charge on any atom is -0.383 e. The van der Waals surface area contributed by atoms with Crippen LogP contribution in [0.1, 0.15) is 37.4 Å². The maximum atomic E-state index is 14.6. The molecule has 0 aromatic heterocycles. The molecular weight excluding hydrogens is 430 g/mol. The molecule has 2 aromatic carbocycles. The number of hydrazone groups is 1. The fraction of sp³-hybridized carbons (Fsp3) is 0.375. The van der Waals surface area contributed by atoms with Crippen molar-refractivity contribution in [2.45, 2.75) is 32.4 Å². The fourth-order valence-corrected chi connectivity index (χ4v) is 3.57. The summed E-state index contributed by atoms with van der Waals surface area (Å²) in [5.41, 5.74) is 1.50. The smallest absolute Gasteiger partial charge is 0.318 e. The van der Waals surface area contributed by atoms with E-state index < -0.39 is 23.8 Å². The van der Waals surface area contributed by atoms with E-state index in [1.165, 1.54) is 35.2 Å². The lowest BCUT2D eigenvalue weighted by Gasteiger charge is -2.27. The van der Waals surface area contributed by atoms with Gasteiger partial charge in [0.1, 0.15) is 18.2 Å². The maximum absolute atomic E-state index is 14.6. The zero-order valence-electron chi connectivity index (χ0n) is 18.9. The summed E-state index contributed by atoms with van der Waals surface area (Å²) in [5.74, 6) is -1.30. The van der Waals surface area contributed by atoms with Crippen LogP contribution in [-0.4, -0.2) is 60.4 Å². The van der Waals surface area contributed by atoms with Gasteiger partial charge in [0.2, 0.25) is 0 Å². The Bertz CT molecular complexity index is 1010. The van der Waals surface area contributed by atoms with E-state index in [0.717, 1.165) is 0 Å². The predicted octanol–water partition coefficient (Wildman–Crippen LogP) is 3.71. The number of carbonyl (C=O) groups is 2. The standard InChI is InChI=1S/C24H28F2N4O3/c1-16(2)27-24(32)29(12-13-33-3)15-23(31)30-22(19-6-4-5-7-20(19)26)14-21(28-30)17-8-10-18(25)11-9-17/h4-11,16,22H,12-15H2,1-3H3,(H,27,32). The molecule has 3 amide bonds. The van der Waals surface area contributed by atoms with Crippen LogP contribution >= 0.6 is 0 Å². The summed E-state index contributed by atoms with van der Waals surface area (Å²) in [5, 5.41) is 8.45. The Morgan fingerprint density at radius 3 is 2.52 bits per heavy atom. The van der Waals surface area contributed by atoms with Crippen LogP contribution in [0.2, 0.25) is 0 Å². The number of ether oxygens (including phenoxy) is 1. The molecule has 9 heteroatoms. The second-order valence-electron chi connectivity index (χ2n) is 8.05. The number of amides is 3. The number of methoxy groups -OCH3 is 1. The molecule has 33 heavy (non-hydrogen) atoms.